The number of unbranched alkanes of at least 4 members (excludes halogenated alkanes) is 3. The Morgan fingerprint density at radius 3 is 2.33 bits per heavy atom. The Morgan fingerprint density at radius 2 is 1.63 bits per heavy atom. The molecule has 14 nitrogen and oxygen atoms in total. The van der Waals surface area contributed by atoms with E-state index in [-0.39, 0.29) is 31.4 Å². The quantitative estimate of drug-likeness (QED) is 0.0668. The highest BCUT2D eigenvalue weighted by Crippen LogP contribution is 2.34. The Balaban J connectivity index is 1.25. The van der Waals surface area contributed by atoms with Crippen LogP contribution in [0.2, 0.25) is 0 Å². The van der Waals surface area contributed by atoms with Crippen molar-refractivity contribution in [3.63, 3.8) is 0 Å². The third kappa shape index (κ3) is 12.1. The van der Waals surface area contributed by atoms with E-state index in [0.717, 1.165) is 49.8 Å². The maximum absolute atomic E-state index is 14.7. The van der Waals surface area contributed by atoms with Crippen molar-refractivity contribution in [2.75, 3.05) is 6.54 Å². The fraction of sp³-hybridized carbons (Fsp3) is 0.455. The number of alkyl carbamates (subject to hydrolysis) is 1. The first-order valence-electron chi connectivity index (χ1n) is 20.8. The van der Waals surface area contributed by atoms with Crippen molar-refractivity contribution in [2.45, 2.75) is 121 Å². The zero-order chi connectivity index (χ0) is 42.5. The first-order valence-corrected chi connectivity index (χ1v) is 23.3. The molecule has 2 aliphatic rings. The monoisotopic (exact) mass is 858 g/mol. The predicted octanol–water partition coefficient (Wildman–Crippen LogP) is 6.81. The fourth-order valence-electron chi connectivity index (χ4n) is 7.59. The number of nitrogens with zero attached hydrogens (tertiary/aromatic N) is 3. The molecule has 60 heavy (non-hydrogen) atoms. The van der Waals surface area contributed by atoms with E-state index < -0.39 is 63.8 Å². The average Bonchev–Trinajstić information content (AvgIpc) is 4.04. The molecule has 1 saturated carbocycles. The highest BCUT2D eigenvalue weighted by Gasteiger charge is 2.44. The number of aromatic nitrogens is 2. The highest BCUT2D eigenvalue weighted by molar-refractivity contribution is 7.89. The van der Waals surface area contributed by atoms with E-state index >= 15 is 0 Å². The smallest absolute Gasteiger partial charge is 0.408 e. The summed E-state index contributed by atoms with van der Waals surface area (Å²) < 4.78 is 40.3. The van der Waals surface area contributed by atoms with Gasteiger partial charge in [0.15, 0.2) is 0 Å². The zero-order valence-corrected chi connectivity index (χ0v) is 35.7. The van der Waals surface area contributed by atoms with Gasteiger partial charge in [0.05, 0.1) is 28.2 Å². The van der Waals surface area contributed by atoms with Gasteiger partial charge in [-0.15, -0.1) is 11.3 Å². The molecule has 0 unspecified atom stereocenters. The molecule has 6 rings (SSSR count). The number of nitrogens with one attached hydrogen (secondary N) is 3. The van der Waals surface area contributed by atoms with Gasteiger partial charge in [0.2, 0.25) is 27.7 Å². The van der Waals surface area contributed by atoms with Crippen molar-refractivity contribution < 1.29 is 37.1 Å². The maximum Gasteiger partial charge on any atom is 0.408 e. The van der Waals surface area contributed by atoms with Crippen molar-refractivity contribution in [3.05, 3.63) is 89.8 Å². The lowest BCUT2D eigenvalue weighted by Crippen LogP contribution is -2.56. The molecule has 1 saturated heterocycles. The van der Waals surface area contributed by atoms with Crippen molar-refractivity contribution >= 4 is 56.2 Å². The molecule has 0 bridgehead atoms. The van der Waals surface area contributed by atoms with Gasteiger partial charge in [0.25, 0.3) is 5.91 Å². The molecule has 4 amide bonds. The van der Waals surface area contributed by atoms with Gasteiger partial charge in [0, 0.05) is 6.42 Å². The Labute approximate surface area is 355 Å². The second-order valence-corrected chi connectivity index (χ2v) is 17.9. The van der Waals surface area contributed by atoms with Crippen LogP contribution in [0, 0.1) is 0 Å². The zero-order valence-electron chi connectivity index (χ0n) is 34.1. The Kier molecular flexibility index (Phi) is 15.7. The van der Waals surface area contributed by atoms with E-state index in [1.54, 1.807) is 37.3 Å². The van der Waals surface area contributed by atoms with E-state index in [2.05, 4.69) is 21.4 Å². The number of amides is 4. The lowest BCUT2D eigenvalue weighted by atomic mass is 10.0. The number of ether oxygens (including phenoxy) is 2. The van der Waals surface area contributed by atoms with Gasteiger partial charge in [0.1, 0.15) is 36.0 Å². The minimum atomic E-state index is -4.10. The minimum absolute atomic E-state index is 0.0168. The van der Waals surface area contributed by atoms with Crippen LogP contribution in [-0.2, 0) is 34.9 Å². The van der Waals surface area contributed by atoms with Gasteiger partial charge in [-0.2, -0.15) is 0 Å². The van der Waals surface area contributed by atoms with Gasteiger partial charge >= 0.3 is 6.09 Å². The number of para-hydroxylation sites is 2. The number of likely N-dealkylation sites (tertiary alicyclic amines) is 1. The van der Waals surface area contributed by atoms with Crippen LogP contribution in [0.1, 0.15) is 90.0 Å². The second-order valence-electron chi connectivity index (χ2n) is 15.2. The summed E-state index contributed by atoms with van der Waals surface area (Å²) >= 11 is 1.47. The summed E-state index contributed by atoms with van der Waals surface area (Å²) in [5.41, 5.74) is 2.28. The van der Waals surface area contributed by atoms with E-state index in [4.69, 9.17) is 19.4 Å². The lowest BCUT2D eigenvalue weighted by Gasteiger charge is -2.29. The topological polar surface area (TPSA) is 186 Å². The van der Waals surface area contributed by atoms with Crippen LogP contribution in [0.4, 0.5) is 4.79 Å². The largest absolute Gasteiger partial charge is 0.471 e. The van der Waals surface area contributed by atoms with Crippen LogP contribution in [0.15, 0.2) is 84.3 Å². The molecular weight excluding hydrogens is 805 g/mol. The number of allylic oxidation sites excluding steroid dienone is 2. The molecule has 0 radical (unpaired) electrons. The van der Waals surface area contributed by atoms with Crippen molar-refractivity contribution in [3.8, 4) is 16.5 Å². The second kappa shape index (κ2) is 21.3. The summed E-state index contributed by atoms with van der Waals surface area (Å²) in [5, 5.41) is 7.45. The summed E-state index contributed by atoms with van der Waals surface area (Å²) in [6.07, 6.45) is 9.51. The van der Waals surface area contributed by atoms with Crippen LogP contribution in [0.5, 0.6) is 5.88 Å². The van der Waals surface area contributed by atoms with Crippen molar-refractivity contribution in [1.82, 2.24) is 30.2 Å². The van der Waals surface area contributed by atoms with Gasteiger partial charge < -0.3 is 25.0 Å². The molecule has 16 heteroatoms. The number of benzene rings is 2. The van der Waals surface area contributed by atoms with Gasteiger partial charge in [-0.1, -0.05) is 80.4 Å². The van der Waals surface area contributed by atoms with E-state index in [0.29, 0.717) is 35.1 Å². The van der Waals surface area contributed by atoms with E-state index in [9.17, 15) is 27.6 Å². The average molecular weight is 859 g/mol. The van der Waals surface area contributed by atoms with Crippen LogP contribution in [0.25, 0.3) is 21.6 Å². The maximum atomic E-state index is 14.7. The number of carbonyl (C=O) groups excluding carboxylic acids is 4. The predicted molar refractivity (Wildman–Crippen MR) is 230 cm³/mol. The molecular formula is C44H54N6O8S2. The van der Waals surface area contributed by atoms with Crippen LogP contribution >= 0.6 is 11.3 Å². The molecule has 4 aromatic rings. The fourth-order valence-corrected chi connectivity index (χ4v) is 9.45. The van der Waals surface area contributed by atoms with Crippen LogP contribution < -0.4 is 20.1 Å². The summed E-state index contributed by atoms with van der Waals surface area (Å²) in [5.74, 6) is -2.25. The number of hydrogen-bond donors (Lipinski definition) is 3. The third-order valence-electron chi connectivity index (χ3n) is 10.7. The molecule has 2 aromatic carbocycles. The van der Waals surface area contributed by atoms with Crippen molar-refractivity contribution in [2.24, 2.45) is 0 Å². The summed E-state index contributed by atoms with van der Waals surface area (Å²) in [7, 11) is -4.10. The lowest BCUT2D eigenvalue weighted by molar-refractivity contribution is -0.141. The SMILES string of the molecule is C/C=C\CCCCC[C@H](NC(=O)OC1CCCC1)C(=O)N1C[C@H](Oc2nc3ccccc3nc2-c2cccs2)C[C@H]1C(=O)N[C@@H](CC)C(=O)NS(=O)(=O)Cc1ccccc1. The highest BCUT2D eigenvalue weighted by atomic mass is 32.2. The van der Waals surface area contributed by atoms with Gasteiger partial charge in [-0.3, -0.25) is 19.1 Å². The number of fused-ring (bicyclic) bond motifs is 1. The normalized spacial score (nSPS) is 18.0. The first-order chi connectivity index (χ1) is 29.0. The number of rotatable bonds is 19. The molecule has 2 aromatic heterocycles. The molecule has 320 valence electrons. The van der Waals surface area contributed by atoms with Crippen LogP contribution in [-0.4, -0.2) is 84.0 Å². The molecule has 2 fully saturated rings. The van der Waals surface area contributed by atoms with Crippen molar-refractivity contribution in [1.29, 1.82) is 0 Å². The number of sulfonamides is 1. The molecule has 3 heterocycles. The Bertz CT molecular complexity index is 2210. The molecule has 1 aliphatic heterocycles. The Morgan fingerprint density at radius 1 is 0.900 bits per heavy atom. The number of thiophene rings is 1. The Hall–Kier alpha value is -5.35. The molecule has 1 aliphatic carbocycles. The van der Waals surface area contributed by atoms with Gasteiger partial charge in [-0.05, 0) is 87.4 Å². The molecule has 4 atom stereocenters. The molecule has 0 spiro atoms. The minimum Gasteiger partial charge on any atom is -0.471 e. The number of carbonyl (C=O) groups is 4. The van der Waals surface area contributed by atoms with E-state index in [1.165, 1.54) is 16.2 Å². The van der Waals surface area contributed by atoms with E-state index in [1.807, 2.05) is 54.8 Å². The third-order valence-corrected chi connectivity index (χ3v) is 12.8. The summed E-state index contributed by atoms with van der Waals surface area (Å²) in [6, 6.07) is 16.3. The molecule has 3 N–H and O–H groups in total. The van der Waals surface area contributed by atoms with Gasteiger partial charge in [-0.25, -0.2) is 23.2 Å². The van der Waals surface area contributed by atoms with Crippen LogP contribution in [0.3, 0.4) is 0 Å². The first kappa shape index (κ1) is 44.2. The standard InChI is InChI=1S/C44H54N6O8S2/c1-3-5-6-7-8-12-24-36(48-44(54)58-31-20-13-14-21-31)43(53)50-28-32(57-42-39(38-25-17-26-59-38)45-34-22-15-16-23-35(34)47-42)27-37(50)41(52)46-33(4-2)40(51)49-60(55,56)29-30-18-10-9-11-19-30/h3,5,9-11,15-19,22-23,25-26,31-33,36-37H,4,6-8,12-14,20-21,24,27-29H2,1-2H3,(H,46,52)(H,48,54)(H,49,51)/b5-3-/t32-,33+,36+,37+/m1/s1. The summed E-state index contributed by atoms with van der Waals surface area (Å²) in [6.45, 7) is 3.57. The summed E-state index contributed by atoms with van der Waals surface area (Å²) in [4.78, 5) is 67.5. The number of hydrogen-bond acceptors (Lipinski definition) is 11.